The average molecular weight is 387 g/mol. The Morgan fingerprint density at radius 3 is 1.68 bits per heavy atom. The molecule has 0 saturated heterocycles. The molecular formula is C24H38N2O2. The summed E-state index contributed by atoms with van der Waals surface area (Å²) < 4.78 is 11.4. The molecule has 0 aliphatic carbocycles. The molecule has 4 nitrogen and oxygen atoms in total. The van der Waals surface area contributed by atoms with Gasteiger partial charge in [-0.3, -0.25) is 4.90 Å². The van der Waals surface area contributed by atoms with Crippen LogP contribution < -0.4 is 9.47 Å². The standard InChI is InChI=1S/2C12H19NO/c1-4-13(5-2)11(3)14-12-9-7-6-8-10-12;1-3-13(4-2)10-11-14-12-8-6-5-7-9-12/h6-11H,4-5H2,1-3H3;5-9H,3-4,10-11H2,1-2H3. The monoisotopic (exact) mass is 386 g/mol. The number of rotatable bonds is 11. The molecule has 0 N–H and O–H groups in total. The van der Waals surface area contributed by atoms with E-state index in [2.05, 4.69) is 44.4 Å². The van der Waals surface area contributed by atoms with Crippen molar-refractivity contribution in [2.75, 3.05) is 39.3 Å². The predicted molar refractivity (Wildman–Crippen MR) is 119 cm³/mol. The first-order valence-electron chi connectivity index (χ1n) is 10.5. The number of hydrogen-bond donors (Lipinski definition) is 0. The minimum atomic E-state index is 0.146. The summed E-state index contributed by atoms with van der Waals surface area (Å²) in [5, 5.41) is 0. The maximum Gasteiger partial charge on any atom is 0.149 e. The summed E-state index contributed by atoms with van der Waals surface area (Å²) in [6.45, 7) is 16.7. The molecule has 2 aromatic carbocycles. The zero-order valence-electron chi connectivity index (χ0n) is 18.3. The van der Waals surface area contributed by atoms with E-state index >= 15 is 0 Å². The van der Waals surface area contributed by atoms with E-state index in [4.69, 9.17) is 9.47 Å². The Bertz CT molecular complexity index is 584. The lowest BCUT2D eigenvalue weighted by Gasteiger charge is -2.26. The number of benzene rings is 2. The van der Waals surface area contributed by atoms with Crippen LogP contribution in [0.3, 0.4) is 0 Å². The van der Waals surface area contributed by atoms with E-state index in [0.717, 1.165) is 50.8 Å². The third-order valence-electron chi connectivity index (χ3n) is 4.69. The smallest absolute Gasteiger partial charge is 0.149 e. The van der Waals surface area contributed by atoms with Crippen LogP contribution in [-0.4, -0.2) is 55.4 Å². The van der Waals surface area contributed by atoms with Gasteiger partial charge in [-0.15, -0.1) is 0 Å². The third kappa shape index (κ3) is 9.77. The Hall–Kier alpha value is -2.04. The molecular weight excluding hydrogens is 348 g/mol. The number of hydrogen-bond acceptors (Lipinski definition) is 4. The summed E-state index contributed by atoms with van der Waals surface area (Å²) in [6.07, 6.45) is 0.146. The van der Waals surface area contributed by atoms with E-state index in [-0.39, 0.29) is 6.23 Å². The molecule has 0 heterocycles. The second kappa shape index (κ2) is 14.9. The van der Waals surface area contributed by atoms with E-state index in [1.54, 1.807) is 0 Å². The number of para-hydroxylation sites is 2. The third-order valence-corrected chi connectivity index (χ3v) is 4.69. The molecule has 4 heteroatoms. The number of likely N-dealkylation sites (N-methyl/N-ethyl adjacent to an activating group) is 1. The zero-order chi connectivity index (χ0) is 20.6. The van der Waals surface area contributed by atoms with Crippen molar-refractivity contribution in [2.45, 2.75) is 40.8 Å². The maximum atomic E-state index is 5.78. The molecule has 2 rings (SSSR count). The number of ether oxygens (including phenoxy) is 2. The van der Waals surface area contributed by atoms with Crippen LogP contribution in [-0.2, 0) is 0 Å². The number of nitrogens with zero attached hydrogens (tertiary/aromatic N) is 2. The molecule has 2 aromatic rings. The van der Waals surface area contributed by atoms with Crippen LogP contribution in [0.2, 0.25) is 0 Å². The van der Waals surface area contributed by atoms with Crippen molar-refractivity contribution < 1.29 is 9.47 Å². The van der Waals surface area contributed by atoms with E-state index in [1.807, 2.05) is 60.7 Å². The van der Waals surface area contributed by atoms with Crippen molar-refractivity contribution in [1.29, 1.82) is 0 Å². The van der Waals surface area contributed by atoms with Crippen LogP contribution in [0.5, 0.6) is 11.5 Å². The van der Waals surface area contributed by atoms with Crippen molar-refractivity contribution in [2.24, 2.45) is 0 Å². The second-order valence-corrected chi connectivity index (χ2v) is 6.44. The van der Waals surface area contributed by atoms with Gasteiger partial charge in [0.15, 0.2) is 0 Å². The summed E-state index contributed by atoms with van der Waals surface area (Å²) in [7, 11) is 0. The minimum absolute atomic E-state index is 0.146. The molecule has 0 saturated carbocycles. The van der Waals surface area contributed by atoms with E-state index < -0.39 is 0 Å². The Morgan fingerprint density at radius 2 is 1.21 bits per heavy atom. The molecule has 0 aliphatic heterocycles. The van der Waals surface area contributed by atoms with Crippen molar-refractivity contribution in [3.05, 3.63) is 60.7 Å². The summed E-state index contributed by atoms with van der Waals surface area (Å²) in [5.41, 5.74) is 0. The molecule has 28 heavy (non-hydrogen) atoms. The fourth-order valence-electron chi connectivity index (χ4n) is 2.86. The first-order valence-corrected chi connectivity index (χ1v) is 10.5. The lowest BCUT2D eigenvalue weighted by atomic mass is 10.3. The van der Waals surface area contributed by atoms with Gasteiger partial charge in [-0.2, -0.15) is 0 Å². The maximum absolute atomic E-state index is 5.78. The molecule has 0 amide bonds. The highest BCUT2D eigenvalue weighted by atomic mass is 16.5. The van der Waals surface area contributed by atoms with Gasteiger partial charge in [-0.05, 0) is 57.4 Å². The fourth-order valence-corrected chi connectivity index (χ4v) is 2.86. The average Bonchev–Trinajstić information content (AvgIpc) is 2.74. The van der Waals surface area contributed by atoms with E-state index in [1.165, 1.54) is 0 Å². The van der Waals surface area contributed by atoms with Gasteiger partial charge in [-0.1, -0.05) is 64.1 Å². The normalized spacial score (nSPS) is 11.7. The van der Waals surface area contributed by atoms with Crippen LogP contribution >= 0.6 is 0 Å². The first kappa shape index (κ1) is 24.0. The summed E-state index contributed by atoms with van der Waals surface area (Å²) in [5.74, 6) is 1.89. The van der Waals surface area contributed by atoms with Crippen molar-refractivity contribution in [1.82, 2.24) is 9.80 Å². The van der Waals surface area contributed by atoms with Crippen LogP contribution in [0.25, 0.3) is 0 Å². The molecule has 0 radical (unpaired) electrons. The van der Waals surface area contributed by atoms with Crippen LogP contribution in [0.4, 0.5) is 0 Å². The van der Waals surface area contributed by atoms with Crippen LogP contribution in [0.1, 0.15) is 34.6 Å². The topological polar surface area (TPSA) is 24.9 Å². The SMILES string of the molecule is CCN(CC)C(C)Oc1ccccc1.CCN(CC)CCOc1ccccc1. The van der Waals surface area contributed by atoms with Crippen molar-refractivity contribution in [3.63, 3.8) is 0 Å². The molecule has 0 fully saturated rings. The minimum Gasteiger partial charge on any atom is -0.492 e. The Kier molecular flexibility index (Phi) is 12.8. The molecule has 0 bridgehead atoms. The van der Waals surface area contributed by atoms with Gasteiger partial charge in [0.1, 0.15) is 24.3 Å². The van der Waals surface area contributed by atoms with Gasteiger partial charge in [0.25, 0.3) is 0 Å². The van der Waals surface area contributed by atoms with Crippen LogP contribution in [0.15, 0.2) is 60.7 Å². The van der Waals surface area contributed by atoms with Crippen molar-refractivity contribution in [3.8, 4) is 11.5 Å². The molecule has 0 aliphatic rings. The van der Waals surface area contributed by atoms with Gasteiger partial charge in [-0.25, -0.2) is 0 Å². The Balaban J connectivity index is 0.000000280. The quantitative estimate of drug-likeness (QED) is 0.498. The lowest BCUT2D eigenvalue weighted by Crippen LogP contribution is -2.36. The lowest BCUT2D eigenvalue weighted by molar-refractivity contribution is 0.0481. The molecule has 1 atom stereocenters. The zero-order valence-corrected chi connectivity index (χ0v) is 18.3. The van der Waals surface area contributed by atoms with E-state index in [0.29, 0.717) is 0 Å². The van der Waals surface area contributed by atoms with Gasteiger partial charge in [0, 0.05) is 6.54 Å². The van der Waals surface area contributed by atoms with Gasteiger partial charge in [0.05, 0.1) is 0 Å². The highest BCUT2D eigenvalue weighted by molar-refractivity contribution is 5.21. The largest absolute Gasteiger partial charge is 0.492 e. The van der Waals surface area contributed by atoms with Crippen LogP contribution in [0, 0.1) is 0 Å². The molecule has 0 spiro atoms. The summed E-state index contributed by atoms with van der Waals surface area (Å²) in [4.78, 5) is 4.62. The molecule has 156 valence electrons. The van der Waals surface area contributed by atoms with E-state index in [9.17, 15) is 0 Å². The molecule has 0 aromatic heterocycles. The predicted octanol–water partition coefficient (Wildman–Crippen LogP) is 5.16. The van der Waals surface area contributed by atoms with Gasteiger partial charge >= 0.3 is 0 Å². The van der Waals surface area contributed by atoms with Crippen molar-refractivity contribution >= 4 is 0 Å². The Morgan fingerprint density at radius 1 is 0.714 bits per heavy atom. The summed E-state index contributed by atoms with van der Waals surface area (Å²) >= 11 is 0. The summed E-state index contributed by atoms with van der Waals surface area (Å²) in [6, 6.07) is 19.9. The highest BCUT2D eigenvalue weighted by Gasteiger charge is 2.10. The Labute approximate surface area is 172 Å². The highest BCUT2D eigenvalue weighted by Crippen LogP contribution is 2.12. The molecule has 1 unspecified atom stereocenters. The van der Waals surface area contributed by atoms with Gasteiger partial charge in [0.2, 0.25) is 0 Å². The first-order chi connectivity index (χ1) is 13.6. The van der Waals surface area contributed by atoms with Gasteiger partial charge < -0.3 is 14.4 Å². The fraction of sp³-hybridized carbons (Fsp3) is 0.500. The second-order valence-electron chi connectivity index (χ2n) is 6.44.